The molecule has 2 aromatic carbocycles. The molecule has 0 N–H and O–H groups in total. The van der Waals surface area contributed by atoms with Crippen molar-refractivity contribution in [2.75, 3.05) is 0 Å². The Morgan fingerprint density at radius 1 is 1.11 bits per heavy atom. The van der Waals surface area contributed by atoms with E-state index in [-0.39, 0.29) is 12.2 Å². The van der Waals surface area contributed by atoms with Gasteiger partial charge in [0.1, 0.15) is 11.6 Å². The van der Waals surface area contributed by atoms with Gasteiger partial charge in [0.15, 0.2) is 5.78 Å². The van der Waals surface area contributed by atoms with Gasteiger partial charge >= 0.3 is 0 Å². The molecule has 0 saturated carbocycles. The highest BCUT2D eigenvalue weighted by Crippen LogP contribution is 2.23. The van der Waals surface area contributed by atoms with E-state index in [1.165, 1.54) is 36.4 Å². The predicted molar refractivity (Wildman–Crippen MR) is 73.5 cm³/mol. The van der Waals surface area contributed by atoms with Gasteiger partial charge in [0.05, 0.1) is 0 Å². The molecule has 0 atom stereocenters. The average molecular weight is 346 g/mol. The second-order valence-corrected chi connectivity index (χ2v) is 5.22. The Balaban J connectivity index is 2.28. The first-order chi connectivity index (χ1) is 8.97. The molecule has 0 aliphatic rings. The molecule has 0 unspecified atom stereocenters. The second-order valence-electron chi connectivity index (χ2n) is 3.96. The van der Waals surface area contributed by atoms with Crippen LogP contribution in [0.1, 0.15) is 15.9 Å². The fraction of sp³-hybridized carbons (Fsp3) is 0.0714. The Hall–Kier alpha value is -1.26. The summed E-state index contributed by atoms with van der Waals surface area (Å²) in [6.45, 7) is 0. The molecule has 0 amide bonds. The maximum Gasteiger partial charge on any atom is 0.168 e. The minimum atomic E-state index is -0.453. The van der Waals surface area contributed by atoms with Gasteiger partial charge in [0, 0.05) is 21.5 Å². The summed E-state index contributed by atoms with van der Waals surface area (Å²) >= 11 is 9.03. The summed E-state index contributed by atoms with van der Waals surface area (Å²) < 4.78 is 26.4. The third-order valence-electron chi connectivity index (χ3n) is 2.59. The van der Waals surface area contributed by atoms with Crippen LogP contribution in [0, 0.1) is 11.6 Å². The first-order valence-electron chi connectivity index (χ1n) is 5.39. The second kappa shape index (κ2) is 5.80. The SMILES string of the molecule is O=C(Cc1cc(F)ccc1Cl)c1ccc(F)cc1Br. The highest BCUT2D eigenvalue weighted by atomic mass is 79.9. The summed E-state index contributed by atoms with van der Waals surface area (Å²) in [5.41, 5.74) is 0.740. The van der Waals surface area contributed by atoms with Crippen molar-refractivity contribution in [3.63, 3.8) is 0 Å². The van der Waals surface area contributed by atoms with Crippen LogP contribution in [0.3, 0.4) is 0 Å². The number of hydrogen-bond donors (Lipinski definition) is 0. The molecule has 5 heteroatoms. The maximum atomic E-state index is 13.1. The van der Waals surface area contributed by atoms with Crippen LogP contribution >= 0.6 is 27.5 Å². The van der Waals surface area contributed by atoms with E-state index in [1.54, 1.807) is 0 Å². The minimum absolute atomic E-state index is 0.0408. The smallest absolute Gasteiger partial charge is 0.168 e. The normalized spacial score (nSPS) is 10.5. The lowest BCUT2D eigenvalue weighted by atomic mass is 10.0. The van der Waals surface area contributed by atoms with Crippen molar-refractivity contribution >= 4 is 33.3 Å². The number of rotatable bonds is 3. The topological polar surface area (TPSA) is 17.1 Å². The van der Waals surface area contributed by atoms with Crippen LogP contribution < -0.4 is 0 Å². The number of hydrogen-bond acceptors (Lipinski definition) is 1. The van der Waals surface area contributed by atoms with E-state index in [9.17, 15) is 13.6 Å². The van der Waals surface area contributed by atoms with Crippen LogP contribution in [0.5, 0.6) is 0 Å². The number of ketones is 1. The number of benzene rings is 2. The van der Waals surface area contributed by atoms with Crippen molar-refractivity contribution in [1.29, 1.82) is 0 Å². The molecular formula is C14H8BrClF2O. The molecule has 2 aromatic rings. The van der Waals surface area contributed by atoms with Gasteiger partial charge in [0.2, 0.25) is 0 Å². The van der Waals surface area contributed by atoms with E-state index < -0.39 is 11.6 Å². The molecule has 0 radical (unpaired) electrons. The minimum Gasteiger partial charge on any atom is -0.294 e. The molecule has 2 rings (SSSR count). The zero-order valence-electron chi connectivity index (χ0n) is 9.59. The third kappa shape index (κ3) is 3.39. The summed E-state index contributed by atoms with van der Waals surface area (Å²) in [5.74, 6) is -1.16. The third-order valence-corrected chi connectivity index (χ3v) is 3.62. The summed E-state index contributed by atoms with van der Waals surface area (Å²) in [7, 11) is 0. The Bertz CT molecular complexity index is 643. The highest BCUT2D eigenvalue weighted by molar-refractivity contribution is 9.10. The molecule has 98 valence electrons. The van der Waals surface area contributed by atoms with E-state index >= 15 is 0 Å². The quantitative estimate of drug-likeness (QED) is 0.730. The zero-order chi connectivity index (χ0) is 14.0. The molecule has 0 heterocycles. The summed E-state index contributed by atoms with van der Waals surface area (Å²) in [4.78, 5) is 12.1. The number of Topliss-reactive ketones (excluding diaryl/α,β-unsaturated/α-hetero) is 1. The molecule has 1 nitrogen and oxygen atoms in total. The Morgan fingerprint density at radius 2 is 1.74 bits per heavy atom. The van der Waals surface area contributed by atoms with E-state index in [1.807, 2.05) is 0 Å². The molecule has 0 spiro atoms. The predicted octanol–water partition coefficient (Wildman–Crippen LogP) is 4.81. The van der Waals surface area contributed by atoms with E-state index in [2.05, 4.69) is 15.9 Å². The molecule has 0 saturated heterocycles. The lowest BCUT2D eigenvalue weighted by molar-refractivity contribution is 0.0992. The van der Waals surface area contributed by atoms with Gasteiger partial charge in [-0.25, -0.2) is 8.78 Å². The van der Waals surface area contributed by atoms with Crippen molar-refractivity contribution in [1.82, 2.24) is 0 Å². The van der Waals surface area contributed by atoms with Gasteiger partial charge in [-0.15, -0.1) is 0 Å². The van der Waals surface area contributed by atoms with Crippen LogP contribution in [0.25, 0.3) is 0 Å². The van der Waals surface area contributed by atoms with Gasteiger partial charge < -0.3 is 0 Å². The van der Waals surface area contributed by atoms with Crippen molar-refractivity contribution in [2.24, 2.45) is 0 Å². The molecule has 0 fully saturated rings. The first-order valence-corrected chi connectivity index (χ1v) is 6.56. The van der Waals surface area contributed by atoms with Gasteiger partial charge in [-0.3, -0.25) is 4.79 Å². The zero-order valence-corrected chi connectivity index (χ0v) is 11.9. The van der Waals surface area contributed by atoms with Gasteiger partial charge in [-0.05, 0) is 57.9 Å². The Kier molecular flexibility index (Phi) is 4.32. The maximum absolute atomic E-state index is 13.1. The highest BCUT2D eigenvalue weighted by Gasteiger charge is 2.13. The Labute approximate surface area is 122 Å². The molecular weight excluding hydrogens is 338 g/mol. The Morgan fingerprint density at radius 3 is 2.42 bits per heavy atom. The fourth-order valence-electron chi connectivity index (χ4n) is 1.66. The average Bonchev–Trinajstić information content (AvgIpc) is 2.33. The summed E-state index contributed by atoms with van der Waals surface area (Å²) in [5, 5.41) is 0.327. The number of carbonyl (C=O) groups excluding carboxylic acids is 1. The number of halogens is 4. The van der Waals surface area contributed by atoms with Gasteiger partial charge in [-0.1, -0.05) is 11.6 Å². The van der Waals surface area contributed by atoms with Crippen LogP contribution in [0.15, 0.2) is 40.9 Å². The fourth-order valence-corrected chi connectivity index (χ4v) is 2.42. The van der Waals surface area contributed by atoms with E-state index in [0.29, 0.717) is 20.6 Å². The lowest BCUT2D eigenvalue weighted by Gasteiger charge is -2.06. The van der Waals surface area contributed by atoms with Gasteiger partial charge in [-0.2, -0.15) is 0 Å². The van der Waals surface area contributed by atoms with Crippen molar-refractivity contribution < 1.29 is 13.6 Å². The summed E-state index contributed by atoms with van der Waals surface area (Å²) in [6.07, 6.45) is -0.0408. The largest absolute Gasteiger partial charge is 0.294 e. The summed E-state index contributed by atoms with van der Waals surface area (Å²) in [6, 6.07) is 7.64. The van der Waals surface area contributed by atoms with Crippen LogP contribution in [0.4, 0.5) is 8.78 Å². The molecule has 19 heavy (non-hydrogen) atoms. The molecule has 0 aliphatic carbocycles. The lowest BCUT2D eigenvalue weighted by Crippen LogP contribution is -2.05. The van der Waals surface area contributed by atoms with E-state index in [4.69, 9.17) is 11.6 Å². The van der Waals surface area contributed by atoms with Crippen LogP contribution in [0.2, 0.25) is 5.02 Å². The standard InChI is InChI=1S/C14H8BrClF2O/c15-12-7-10(18)1-3-11(12)14(19)6-8-5-9(17)2-4-13(8)16/h1-5,7H,6H2. The molecule has 0 aromatic heterocycles. The van der Waals surface area contributed by atoms with Crippen molar-refractivity contribution in [2.45, 2.75) is 6.42 Å². The van der Waals surface area contributed by atoms with Crippen molar-refractivity contribution in [3.8, 4) is 0 Å². The first kappa shape index (κ1) is 14.2. The molecule has 0 bridgehead atoms. The molecule has 0 aliphatic heterocycles. The monoisotopic (exact) mass is 344 g/mol. The number of carbonyl (C=O) groups is 1. The van der Waals surface area contributed by atoms with Gasteiger partial charge in [0.25, 0.3) is 0 Å². The van der Waals surface area contributed by atoms with Crippen molar-refractivity contribution in [3.05, 3.63) is 68.7 Å². The van der Waals surface area contributed by atoms with Crippen LogP contribution in [-0.4, -0.2) is 5.78 Å². The van der Waals surface area contributed by atoms with E-state index in [0.717, 1.165) is 0 Å². The van der Waals surface area contributed by atoms with Crippen LogP contribution in [-0.2, 0) is 6.42 Å².